The molecule has 1 N–H and O–H groups in total. The summed E-state index contributed by atoms with van der Waals surface area (Å²) < 4.78 is 93.8. The first-order chi connectivity index (χ1) is 18.0. The second-order valence-corrected chi connectivity index (χ2v) is 9.41. The van der Waals surface area contributed by atoms with Crippen LogP contribution in [0.15, 0.2) is 53.4 Å². The summed E-state index contributed by atoms with van der Waals surface area (Å²) in [7, 11) is 2.93. The van der Waals surface area contributed by atoms with Gasteiger partial charge in [0.2, 0.25) is 5.75 Å². The largest absolute Gasteiger partial charge is 0.493 e. The highest BCUT2D eigenvalue weighted by atomic mass is 32.2. The second kappa shape index (κ2) is 11.5. The molecule has 0 radical (unpaired) electrons. The zero-order valence-corrected chi connectivity index (χ0v) is 22.0. The third-order valence-electron chi connectivity index (χ3n) is 5.39. The Balaban J connectivity index is 2.01. The quantitative estimate of drug-likeness (QED) is 0.321. The highest BCUT2D eigenvalue weighted by Crippen LogP contribution is 2.40. The Morgan fingerprint density at radius 2 is 1.13 bits per heavy atom. The maximum atomic E-state index is 13.0. The van der Waals surface area contributed by atoms with E-state index >= 15 is 0 Å². The van der Waals surface area contributed by atoms with Gasteiger partial charge in [-0.2, -0.15) is 13.2 Å². The van der Waals surface area contributed by atoms with Crippen molar-refractivity contribution in [1.29, 1.82) is 0 Å². The van der Waals surface area contributed by atoms with Crippen LogP contribution < -0.4 is 28.4 Å². The van der Waals surface area contributed by atoms with Gasteiger partial charge in [0.1, 0.15) is 0 Å². The molecule has 0 fully saturated rings. The van der Waals surface area contributed by atoms with Crippen LogP contribution in [0.25, 0.3) is 12.2 Å². The molecule has 0 aromatic heterocycles. The highest BCUT2D eigenvalue weighted by molar-refractivity contribution is 7.92. The van der Waals surface area contributed by atoms with Gasteiger partial charge in [0.15, 0.2) is 23.0 Å². The van der Waals surface area contributed by atoms with E-state index in [1.807, 2.05) is 0 Å². The number of nitrogens with one attached hydrogen (secondary N) is 1. The summed E-state index contributed by atoms with van der Waals surface area (Å²) in [6.45, 7) is 0. The van der Waals surface area contributed by atoms with Crippen LogP contribution in [0.4, 0.5) is 18.9 Å². The smallest absolute Gasteiger partial charge is 0.416 e. The molecule has 3 rings (SSSR count). The van der Waals surface area contributed by atoms with Crippen LogP contribution >= 0.6 is 0 Å². The summed E-state index contributed by atoms with van der Waals surface area (Å²) in [6, 6.07) is 9.73. The summed E-state index contributed by atoms with van der Waals surface area (Å²) in [5, 5.41) is 0. The molecule has 3 aromatic rings. The van der Waals surface area contributed by atoms with Gasteiger partial charge in [-0.15, -0.1) is 0 Å². The van der Waals surface area contributed by atoms with E-state index in [-0.39, 0.29) is 22.1 Å². The molecule has 0 saturated heterocycles. The number of alkyl halides is 3. The van der Waals surface area contributed by atoms with Gasteiger partial charge in [-0.1, -0.05) is 12.2 Å². The second-order valence-electron chi connectivity index (χ2n) is 7.72. The lowest BCUT2D eigenvalue weighted by molar-refractivity contribution is -0.137. The molecule has 38 heavy (non-hydrogen) atoms. The average molecular weight is 554 g/mol. The maximum absolute atomic E-state index is 13.0. The Hall–Kier alpha value is -4.06. The Kier molecular flexibility index (Phi) is 8.67. The minimum Gasteiger partial charge on any atom is -0.493 e. The lowest BCUT2D eigenvalue weighted by Crippen LogP contribution is -2.14. The van der Waals surface area contributed by atoms with Gasteiger partial charge in [0.05, 0.1) is 51.7 Å². The highest BCUT2D eigenvalue weighted by Gasteiger charge is 2.31. The molecule has 0 atom stereocenters. The number of benzene rings is 3. The monoisotopic (exact) mass is 553 g/mol. The van der Waals surface area contributed by atoms with Gasteiger partial charge < -0.3 is 23.7 Å². The van der Waals surface area contributed by atoms with Crippen molar-refractivity contribution in [3.8, 4) is 28.7 Å². The van der Waals surface area contributed by atoms with Gasteiger partial charge in [-0.25, -0.2) is 8.42 Å². The van der Waals surface area contributed by atoms with Crippen LogP contribution in [0.1, 0.15) is 16.7 Å². The van der Waals surface area contributed by atoms with Crippen LogP contribution in [0.5, 0.6) is 28.7 Å². The lowest BCUT2D eigenvalue weighted by Gasteiger charge is -2.16. The molecule has 0 heterocycles. The number of sulfonamides is 1. The third kappa shape index (κ3) is 6.25. The molecule has 0 aliphatic carbocycles. The normalized spacial score (nSPS) is 11.8. The predicted octanol–water partition coefficient (Wildman–Crippen LogP) is 5.72. The van der Waals surface area contributed by atoms with Crippen LogP contribution in [0, 0.1) is 0 Å². The van der Waals surface area contributed by atoms with Crippen LogP contribution in [-0.2, 0) is 16.2 Å². The molecule has 0 spiro atoms. The number of hydrogen-bond donors (Lipinski definition) is 1. The average Bonchev–Trinajstić information content (AvgIpc) is 2.90. The van der Waals surface area contributed by atoms with Crippen molar-refractivity contribution >= 4 is 27.9 Å². The fourth-order valence-corrected chi connectivity index (χ4v) is 4.63. The van der Waals surface area contributed by atoms with Crippen molar-refractivity contribution in [2.75, 3.05) is 40.3 Å². The molecule has 3 aromatic carbocycles. The molecule has 0 aliphatic rings. The van der Waals surface area contributed by atoms with Crippen LogP contribution in [-0.4, -0.2) is 44.0 Å². The van der Waals surface area contributed by atoms with Crippen molar-refractivity contribution in [1.82, 2.24) is 0 Å². The molecule has 0 amide bonds. The summed E-state index contributed by atoms with van der Waals surface area (Å²) in [5.74, 6) is 1.64. The van der Waals surface area contributed by atoms with Gasteiger partial charge in [0, 0.05) is 0 Å². The van der Waals surface area contributed by atoms with Crippen molar-refractivity contribution in [3.05, 3.63) is 65.2 Å². The van der Waals surface area contributed by atoms with Crippen LogP contribution in [0.2, 0.25) is 0 Å². The molecule has 204 valence electrons. The van der Waals surface area contributed by atoms with Gasteiger partial charge in [-0.3, -0.25) is 4.72 Å². The van der Waals surface area contributed by atoms with Gasteiger partial charge >= 0.3 is 6.18 Å². The number of hydrogen-bond acceptors (Lipinski definition) is 7. The standard InChI is InChI=1S/C26H26F3NO7S/c1-33-21-13-16(6-7-17-14-22(34-2)25(37-5)23(15-17)35-3)12-20(24(21)36-4)30-38(31,32)19-10-8-18(9-11-19)26(27,28)29/h6-15,30H,1-5H3/b7-6-. The molecule has 0 unspecified atom stereocenters. The Bertz CT molecular complexity index is 1390. The van der Waals surface area contributed by atoms with E-state index in [0.29, 0.717) is 40.5 Å². The van der Waals surface area contributed by atoms with Crippen molar-refractivity contribution in [2.45, 2.75) is 11.1 Å². The predicted molar refractivity (Wildman–Crippen MR) is 137 cm³/mol. The van der Waals surface area contributed by atoms with E-state index in [1.54, 1.807) is 30.4 Å². The molecule has 0 bridgehead atoms. The summed E-state index contributed by atoms with van der Waals surface area (Å²) >= 11 is 0. The first-order valence-electron chi connectivity index (χ1n) is 10.9. The van der Waals surface area contributed by atoms with E-state index in [0.717, 1.165) is 12.1 Å². The number of methoxy groups -OCH3 is 5. The van der Waals surface area contributed by atoms with E-state index in [1.165, 1.54) is 41.6 Å². The summed E-state index contributed by atoms with van der Waals surface area (Å²) in [5.41, 5.74) is 0.286. The first-order valence-corrected chi connectivity index (χ1v) is 12.4. The Morgan fingerprint density at radius 1 is 0.684 bits per heavy atom. The maximum Gasteiger partial charge on any atom is 0.416 e. The number of halogens is 3. The molecule has 8 nitrogen and oxygen atoms in total. The zero-order valence-electron chi connectivity index (χ0n) is 21.2. The summed E-state index contributed by atoms with van der Waals surface area (Å²) in [6.07, 6.45) is -1.16. The Morgan fingerprint density at radius 3 is 1.55 bits per heavy atom. The minimum atomic E-state index is -4.59. The van der Waals surface area contributed by atoms with Gasteiger partial charge in [0.25, 0.3) is 10.0 Å². The van der Waals surface area contributed by atoms with E-state index < -0.39 is 21.8 Å². The first kappa shape index (κ1) is 28.5. The molecule has 0 saturated carbocycles. The molecular weight excluding hydrogens is 527 g/mol. The van der Waals surface area contributed by atoms with Crippen molar-refractivity contribution < 1.29 is 45.3 Å². The number of anilines is 1. The summed E-state index contributed by atoms with van der Waals surface area (Å²) in [4.78, 5) is -0.357. The Labute approximate surface area is 218 Å². The molecular formula is C26H26F3NO7S. The SMILES string of the molecule is COc1cc(/C=C\c2cc(OC)c(OC)c(OC)c2)cc(NS(=O)(=O)c2ccc(C(F)(F)F)cc2)c1OC. The minimum absolute atomic E-state index is 0.0243. The van der Waals surface area contributed by atoms with Gasteiger partial charge in [-0.05, 0) is 59.7 Å². The van der Waals surface area contributed by atoms with Crippen LogP contribution in [0.3, 0.4) is 0 Å². The number of rotatable bonds is 10. The fraction of sp³-hybridized carbons (Fsp3) is 0.231. The zero-order chi connectivity index (χ0) is 28.1. The van der Waals surface area contributed by atoms with E-state index in [9.17, 15) is 21.6 Å². The van der Waals surface area contributed by atoms with E-state index in [2.05, 4.69) is 4.72 Å². The fourth-order valence-electron chi connectivity index (χ4n) is 3.57. The molecule has 0 aliphatic heterocycles. The van der Waals surface area contributed by atoms with Crippen molar-refractivity contribution in [2.24, 2.45) is 0 Å². The van der Waals surface area contributed by atoms with Crippen molar-refractivity contribution in [3.63, 3.8) is 0 Å². The topological polar surface area (TPSA) is 92.3 Å². The van der Waals surface area contributed by atoms with E-state index in [4.69, 9.17) is 23.7 Å². The molecule has 12 heteroatoms. The lowest BCUT2D eigenvalue weighted by atomic mass is 10.1. The third-order valence-corrected chi connectivity index (χ3v) is 6.77. The number of ether oxygens (including phenoxy) is 5.